The predicted molar refractivity (Wildman–Crippen MR) is 110 cm³/mol. The van der Waals surface area contributed by atoms with Crippen LogP contribution in [0.25, 0.3) is 10.9 Å². The first kappa shape index (κ1) is 18.1. The summed E-state index contributed by atoms with van der Waals surface area (Å²) in [6, 6.07) is 16.5. The molecule has 27 heavy (non-hydrogen) atoms. The second kappa shape index (κ2) is 7.37. The fourth-order valence-electron chi connectivity index (χ4n) is 3.68. The van der Waals surface area contributed by atoms with Crippen molar-refractivity contribution in [2.24, 2.45) is 5.92 Å². The molecule has 6 heteroatoms. The number of para-hydroxylation sites is 1. The van der Waals surface area contributed by atoms with Crippen LogP contribution in [-0.2, 0) is 10.0 Å². The Bertz CT molecular complexity index is 1030. The lowest BCUT2D eigenvalue weighted by Crippen LogP contribution is -2.32. The molecule has 1 fully saturated rings. The van der Waals surface area contributed by atoms with Gasteiger partial charge in [0.25, 0.3) is 10.0 Å². The Morgan fingerprint density at radius 2 is 1.81 bits per heavy atom. The molecule has 142 valence electrons. The summed E-state index contributed by atoms with van der Waals surface area (Å²) in [5.41, 5.74) is 1.55. The average molecular weight is 384 g/mol. The molecule has 1 aliphatic rings. The van der Waals surface area contributed by atoms with E-state index in [9.17, 15) is 8.42 Å². The molecule has 0 saturated carbocycles. The van der Waals surface area contributed by atoms with E-state index in [1.807, 2.05) is 36.4 Å². The molecule has 2 heterocycles. The molecule has 0 spiro atoms. The second-order valence-corrected chi connectivity index (χ2v) is 9.15. The first-order valence-electron chi connectivity index (χ1n) is 9.38. The maximum Gasteiger partial charge on any atom is 0.268 e. The van der Waals surface area contributed by atoms with Gasteiger partial charge in [-0.1, -0.05) is 24.3 Å². The number of hydrogen-bond acceptors (Lipinski definition) is 4. The summed E-state index contributed by atoms with van der Waals surface area (Å²) in [6.07, 6.45) is 3.98. The van der Waals surface area contributed by atoms with E-state index in [-0.39, 0.29) is 0 Å². The van der Waals surface area contributed by atoms with Gasteiger partial charge in [0.2, 0.25) is 0 Å². The lowest BCUT2D eigenvalue weighted by Gasteiger charge is -2.29. The van der Waals surface area contributed by atoms with Gasteiger partial charge in [0.15, 0.2) is 0 Å². The van der Waals surface area contributed by atoms with Crippen LogP contribution in [0, 0.1) is 5.92 Å². The van der Waals surface area contributed by atoms with Gasteiger partial charge in [-0.3, -0.25) is 0 Å². The number of piperidine rings is 1. The van der Waals surface area contributed by atoms with Crippen LogP contribution in [-0.4, -0.2) is 44.0 Å². The summed E-state index contributed by atoms with van der Waals surface area (Å²) >= 11 is 0. The second-order valence-electron chi connectivity index (χ2n) is 7.33. The molecule has 5 nitrogen and oxygen atoms in total. The summed E-state index contributed by atoms with van der Waals surface area (Å²) < 4.78 is 27.6. The van der Waals surface area contributed by atoms with Crippen molar-refractivity contribution in [1.82, 2.24) is 8.87 Å². The lowest BCUT2D eigenvalue weighted by molar-refractivity contribution is 0.226. The van der Waals surface area contributed by atoms with Crippen molar-refractivity contribution in [3.05, 3.63) is 60.8 Å². The van der Waals surface area contributed by atoms with E-state index in [0.717, 1.165) is 30.7 Å². The fourth-order valence-corrected chi connectivity index (χ4v) is 5.08. The fraction of sp³-hybridized carbons (Fsp3) is 0.333. The van der Waals surface area contributed by atoms with Gasteiger partial charge < -0.3 is 10.2 Å². The highest BCUT2D eigenvalue weighted by Crippen LogP contribution is 2.24. The molecule has 0 aliphatic carbocycles. The van der Waals surface area contributed by atoms with E-state index in [0.29, 0.717) is 16.3 Å². The van der Waals surface area contributed by atoms with Crippen molar-refractivity contribution in [2.75, 3.05) is 32.0 Å². The molecule has 2 aromatic carbocycles. The molecule has 0 radical (unpaired) electrons. The number of aromatic nitrogens is 1. The Kier molecular flexibility index (Phi) is 4.93. The Balaban J connectivity index is 1.54. The minimum atomic E-state index is -3.63. The van der Waals surface area contributed by atoms with Crippen molar-refractivity contribution < 1.29 is 8.42 Å². The zero-order chi connectivity index (χ0) is 18.9. The highest BCUT2D eigenvalue weighted by molar-refractivity contribution is 7.90. The lowest BCUT2D eigenvalue weighted by atomic mass is 9.97. The summed E-state index contributed by atoms with van der Waals surface area (Å²) in [5.74, 6) is 0.634. The van der Waals surface area contributed by atoms with Gasteiger partial charge in [-0.2, -0.15) is 0 Å². The third kappa shape index (κ3) is 3.73. The van der Waals surface area contributed by atoms with Gasteiger partial charge in [-0.25, -0.2) is 12.4 Å². The number of rotatable bonds is 5. The van der Waals surface area contributed by atoms with Crippen LogP contribution in [0.5, 0.6) is 0 Å². The smallest absolute Gasteiger partial charge is 0.268 e. The molecule has 1 aliphatic heterocycles. The molecule has 4 rings (SSSR count). The van der Waals surface area contributed by atoms with Gasteiger partial charge in [0.05, 0.1) is 10.4 Å². The van der Waals surface area contributed by atoms with E-state index in [2.05, 4.69) is 17.3 Å². The first-order valence-corrected chi connectivity index (χ1v) is 10.8. The van der Waals surface area contributed by atoms with Crippen LogP contribution in [0.3, 0.4) is 0 Å². The molecule has 0 amide bonds. The Morgan fingerprint density at radius 1 is 1.04 bits per heavy atom. The van der Waals surface area contributed by atoms with Crippen molar-refractivity contribution in [3.63, 3.8) is 0 Å². The molecular formula is C21H25N3O2S. The van der Waals surface area contributed by atoms with Crippen molar-refractivity contribution in [2.45, 2.75) is 17.7 Å². The van der Waals surface area contributed by atoms with Gasteiger partial charge in [0.1, 0.15) is 0 Å². The van der Waals surface area contributed by atoms with Crippen LogP contribution in [0.2, 0.25) is 0 Å². The van der Waals surface area contributed by atoms with Crippen LogP contribution in [0.1, 0.15) is 12.8 Å². The third-order valence-electron chi connectivity index (χ3n) is 5.39. The maximum atomic E-state index is 13.1. The molecule has 1 N–H and O–H groups in total. The largest absolute Gasteiger partial charge is 0.385 e. The third-order valence-corrected chi connectivity index (χ3v) is 7.07. The van der Waals surface area contributed by atoms with Crippen molar-refractivity contribution in [3.8, 4) is 0 Å². The Morgan fingerprint density at radius 3 is 2.63 bits per heavy atom. The van der Waals surface area contributed by atoms with Crippen LogP contribution in [0.4, 0.5) is 5.69 Å². The first-order chi connectivity index (χ1) is 13.0. The normalized spacial score (nSPS) is 16.6. The number of fused-ring (bicyclic) bond motifs is 1. The molecule has 1 saturated heterocycles. The van der Waals surface area contributed by atoms with Gasteiger partial charge in [-0.05, 0) is 69.2 Å². The minimum absolute atomic E-state index is 0.303. The predicted octanol–water partition coefficient (Wildman–Crippen LogP) is 3.63. The quantitative estimate of drug-likeness (QED) is 0.731. The number of nitrogens with zero attached hydrogens (tertiary/aromatic N) is 2. The summed E-state index contributed by atoms with van der Waals surface area (Å²) in [6.45, 7) is 3.13. The zero-order valence-corrected chi connectivity index (χ0v) is 16.3. The van der Waals surface area contributed by atoms with Crippen molar-refractivity contribution >= 4 is 26.6 Å². The molecular weight excluding hydrogens is 358 g/mol. The van der Waals surface area contributed by atoms with Gasteiger partial charge in [0, 0.05) is 23.8 Å². The zero-order valence-electron chi connectivity index (χ0n) is 15.5. The molecule has 0 bridgehead atoms. The van der Waals surface area contributed by atoms with E-state index in [4.69, 9.17) is 0 Å². The topological polar surface area (TPSA) is 54.3 Å². The van der Waals surface area contributed by atoms with Crippen LogP contribution < -0.4 is 5.32 Å². The monoisotopic (exact) mass is 383 g/mol. The summed E-state index contributed by atoms with van der Waals surface area (Å²) in [5, 5.41) is 4.35. The van der Waals surface area contributed by atoms with E-state index >= 15 is 0 Å². The summed E-state index contributed by atoms with van der Waals surface area (Å²) in [7, 11) is -1.47. The van der Waals surface area contributed by atoms with E-state index < -0.39 is 10.0 Å². The Labute approximate surface area is 160 Å². The minimum Gasteiger partial charge on any atom is -0.385 e. The van der Waals surface area contributed by atoms with Gasteiger partial charge in [-0.15, -0.1) is 0 Å². The number of anilines is 1. The SMILES string of the molecule is CN1CCC(CNc2cccc(S(=O)(=O)n3ccc4ccccc43)c2)CC1. The standard InChI is InChI=1S/C21H25N3O2S/c1-23-12-9-17(10-13-23)16-22-19-6-4-7-20(15-19)27(25,26)24-14-11-18-5-2-3-8-21(18)24/h2-8,11,14-15,17,22H,9-10,12-13,16H2,1H3. The molecule has 0 atom stereocenters. The number of nitrogens with one attached hydrogen (secondary N) is 1. The van der Waals surface area contributed by atoms with E-state index in [1.54, 1.807) is 24.4 Å². The molecule has 0 unspecified atom stereocenters. The highest BCUT2D eigenvalue weighted by Gasteiger charge is 2.20. The summed E-state index contributed by atoms with van der Waals surface area (Å²) in [4.78, 5) is 2.66. The van der Waals surface area contributed by atoms with Crippen LogP contribution in [0.15, 0.2) is 65.7 Å². The van der Waals surface area contributed by atoms with Crippen LogP contribution >= 0.6 is 0 Å². The maximum absolute atomic E-state index is 13.1. The number of benzene rings is 2. The Hall–Kier alpha value is -2.31. The van der Waals surface area contributed by atoms with Crippen molar-refractivity contribution in [1.29, 1.82) is 0 Å². The number of likely N-dealkylation sites (tertiary alicyclic amines) is 1. The molecule has 1 aromatic heterocycles. The highest BCUT2D eigenvalue weighted by atomic mass is 32.2. The average Bonchev–Trinajstić information content (AvgIpc) is 3.13. The van der Waals surface area contributed by atoms with E-state index in [1.165, 1.54) is 16.8 Å². The van der Waals surface area contributed by atoms with Gasteiger partial charge >= 0.3 is 0 Å². The molecule has 3 aromatic rings. The number of hydrogen-bond donors (Lipinski definition) is 1.